The molecule has 1 heterocycles. The average Bonchev–Trinajstić information content (AvgIpc) is 2.66. The normalized spacial score (nSPS) is 23.2. The van der Waals surface area contributed by atoms with Gasteiger partial charge in [0.25, 0.3) is 0 Å². The zero-order valence-corrected chi connectivity index (χ0v) is 11.5. The van der Waals surface area contributed by atoms with Crippen LogP contribution in [-0.2, 0) is 4.74 Å². The van der Waals surface area contributed by atoms with E-state index in [9.17, 15) is 0 Å². The maximum absolute atomic E-state index is 5.74. The van der Waals surface area contributed by atoms with Gasteiger partial charge in [0.2, 0.25) is 0 Å². The van der Waals surface area contributed by atoms with Crippen molar-refractivity contribution in [3.63, 3.8) is 0 Å². The molecule has 1 N–H and O–H groups in total. The first-order valence-corrected chi connectivity index (χ1v) is 6.93. The molecule has 1 rings (SSSR count). The minimum atomic E-state index is 0.540. The van der Waals surface area contributed by atoms with Crippen LogP contribution in [0, 0.1) is 11.8 Å². The Bertz CT molecular complexity index is 174. The first-order chi connectivity index (χ1) is 7.58. The van der Waals surface area contributed by atoms with Gasteiger partial charge in [-0.3, -0.25) is 0 Å². The maximum Gasteiger partial charge on any atom is 0.0579 e. The summed E-state index contributed by atoms with van der Waals surface area (Å²) in [5.41, 5.74) is 0. The van der Waals surface area contributed by atoms with Gasteiger partial charge in [-0.25, -0.2) is 0 Å². The predicted octanol–water partition coefficient (Wildman–Crippen LogP) is 3.22. The highest BCUT2D eigenvalue weighted by Crippen LogP contribution is 2.23. The number of rotatable bonds is 7. The molecule has 2 atom stereocenters. The lowest BCUT2D eigenvalue weighted by atomic mass is 9.91. The fourth-order valence-electron chi connectivity index (χ4n) is 2.53. The zero-order valence-electron chi connectivity index (χ0n) is 11.5. The summed E-state index contributed by atoms with van der Waals surface area (Å²) in [4.78, 5) is 0. The lowest BCUT2D eigenvalue weighted by molar-refractivity contribution is 0.0856. The van der Waals surface area contributed by atoms with Gasteiger partial charge in [-0.1, -0.05) is 27.7 Å². The fourth-order valence-corrected chi connectivity index (χ4v) is 2.53. The molecule has 0 bridgehead atoms. The SMILES string of the molecule is CC(C)CC(CNC(C)C)CC1CCCO1. The minimum Gasteiger partial charge on any atom is -0.378 e. The van der Waals surface area contributed by atoms with Crippen LogP contribution in [0.2, 0.25) is 0 Å². The van der Waals surface area contributed by atoms with Crippen molar-refractivity contribution in [1.82, 2.24) is 5.32 Å². The lowest BCUT2D eigenvalue weighted by Gasteiger charge is -2.23. The van der Waals surface area contributed by atoms with E-state index in [2.05, 4.69) is 33.0 Å². The molecule has 1 aliphatic rings. The monoisotopic (exact) mass is 227 g/mol. The molecular weight excluding hydrogens is 198 g/mol. The van der Waals surface area contributed by atoms with Crippen LogP contribution < -0.4 is 5.32 Å². The van der Waals surface area contributed by atoms with E-state index in [1.165, 1.54) is 25.7 Å². The second-order valence-electron chi connectivity index (χ2n) is 5.93. The summed E-state index contributed by atoms with van der Waals surface area (Å²) in [7, 11) is 0. The van der Waals surface area contributed by atoms with E-state index in [0.29, 0.717) is 12.1 Å². The zero-order chi connectivity index (χ0) is 12.0. The number of hydrogen-bond acceptors (Lipinski definition) is 2. The van der Waals surface area contributed by atoms with Crippen LogP contribution in [0.5, 0.6) is 0 Å². The van der Waals surface area contributed by atoms with E-state index in [1.54, 1.807) is 0 Å². The number of ether oxygens (including phenoxy) is 1. The average molecular weight is 227 g/mol. The molecule has 0 spiro atoms. The van der Waals surface area contributed by atoms with Crippen LogP contribution in [-0.4, -0.2) is 25.3 Å². The number of nitrogens with one attached hydrogen (secondary N) is 1. The Labute approximate surface area is 101 Å². The van der Waals surface area contributed by atoms with E-state index < -0.39 is 0 Å². The second kappa shape index (κ2) is 7.29. The first-order valence-electron chi connectivity index (χ1n) is 6.93. The Morgan fingerprint density at radius 3 is 2.50 bits per heavy atom. The van der Waals surface area contributed by atoms with Gasteiger partial charge in [-0.2, -0.15) is 0 Å². The van der Waals surface area contributed by atoms with Crippen molar-refractivity contribution >= 4 is 0 Å². The standard InChI is InChI=1S/C14H29NO/c1-11(2)8-13(10-15-12(3)4)9-14-6-5-7-16-14/h11-15H,5-10H2,1-4H3. The first kappa shape index (κ1) is 14.0. The molecule has 96 valence electrons. The summed E-state index contributed by atoms with van der Waals surface area (Å²) in [5.74, 6) is 1.57. The summed E-state index contributed by atoms with van der Waals surface area (Å²) in [6.07, 6.45) is 5.64. The molecule has 0 saturated carbocycles. The Morgan fingerprint density at radius 1 is 1.25 bits per heavy atom. The van der Waals surface area contributed by atoms with E-state index in [1.807, 2.05) is 0 Å². The van der Waals surface area contributed by atoms with Crippen molar-refractivity contribution < 1.29 is 4.74 Å². The van der Waals surface area contributed by atoms with E-state index >= 15 is 0 Å². The van der Waals surface area contributed by atoms with Gasteiger partial charge in [0.15, 0.2) is 0 Å². The molecule has 0 aromatic carbocycles. The molecule has 2 heteroatoms. The molecule has 0 aromatic heterocycles. The highest BCUT2D eigenvalue weighted by Gasteiger charge is 2.21. The number of hydrogen-bond donors (Lipinski definition) is 1. The van der Waals surface area contributed by atoms with Gasteiger partial charge < -0.3 is 10.1 Å². The summed E-state index contributed by atoms with van der Waals surface area (Å²) in [5, 5.41) is 3.57. The van der Waals surface area contributed by atoms with Crippen LogP contribution in [0.4, 0.5) is 0 Å². The van der Waals surface area contributed by atoms with Crippen LogP contribution in [0.3, 0.4) is 0 Å². The fraction of sp³-hybridized carbons (Fsp3) is 1.00. The highest BCUT2D eigenvalue weighted by atomic mass is 16.5. The molecule has 2 unspecified atom stereocenters. The highest BCUT2D eigenvalue weighted by molar-refractivity contribution is 4.73. The smallest absolute Gasteiger partial charge is 0.0579 e. The third-order valence-electron chi connectivity index (χ3n) is 3.24. The Hall–Kier alpha value is -0.0800. The molecule has 0 amide bonds. The van der Waals surface area contributed by atoms with Gasteiger partial charge in [0.1, 0.15) is 0 Å². The summed E-state index contributed by atoms with van der Waals surface area (Å²) >= 11 is 0. The Balaban J connectivity index is 2.29. The summed E-state index contributed by atoms with van der Waals surface area (Å²) < 4.78 is 5.74. The molecule has 0 radical (unpaired) electrons. The molecule has 1 fully saturated rings. The lowest BCUT2D eigenvalue weighted by Crippen LogP contribution is -2.31. The molecule has 1 saturated heterocycles. The van der Waals surface area contributed by atoms with Gasteiger partial charge in [0, 0.05) is 12.6 Å². The predicted molar refractivity (Wildman–Crippen MR) is 69.7 cm³/mol. The second-order valence-corrected chi connectivity index (χ2v) is 5.93. The third-order valence-corrected chi connectivity index (χ3v) is 3.24. The summed E-state index contributed by atoms with van der Waals surface area (Å²) in [6.45, 7) is 11.2. The largest absolute Gasteiger partial charge is 0.378 e. The maximum atomic E-state index is 5.74. The van der Waals surface area contributed by atoms with Crippen molar-refractivity contribution in [1.29, 1.82) is 0 Å². The topological polar surface area (TPSA) is 21.3 Å². The minimum absolute atomic E-state index is 0.540. The van der Waals surface area contributed by atoms with Crippen molar-refractivity contribution in [2.24, 2.45) is 11.8 Å². The molecule has 16 heavy (non-hydrogen) atoms. The van der Waals surface area contributed by atoms with E-state index in [-0.39, 0.29) is 0 Å². The summed E-state index contributed by atoms with van der Waals surface area (Å²) in [6, 6.07) is 0.596. The van der Waals surface area contributed by atoms with Gasteiger partial charge in [-0.05, 0) is 44.1 Å². The van der Waals surface area contributed by atoms with E-state index in [4.69, 9.17) is 4.74 Å². The van der Waals surface area contributed by atoms with Crippen LogP contribution in [0.25, 0.3) is 0 Å². The molecule has 2 nitrogen and oxygen atoms in total. The van der Waals surface area contributed by atoms with Crippen molar-refractivity contribution in [2.45, 2.75) is 65.5 Å². The Morgan fingerprint density at radius 2 is 2.00 bits per heavy atom. The van der Waals surface area contributed by atoms with Crippen LogP contribution >= 0.6 is 0 Å². The van der Waals surface area contributed by atoms with Crippen molar-refractivity contribution in [3.05, 3.63) is 0 Å². The quantitative estimate of drug-likeness (QED) is 0.721. The van der Waals surface area contributed by atoms with E-state index in [0.717, 1.165) is 25.0 Å². The van der Waals surface area contributed by atoms with Crippen LogP contribution in [0.15, 0.2) is 0 Å². The molecule has 0 aromatic rings. The Kier molecular flexibility index (Phi) is 6.37. The third kappa shape index (κ3) is 5.86. The molecular formula is C14H29NO. The van der Waals surface area contributed by atoms with Crippen molar-refractivity contribution in [3.8, 4) is 0 Å². The van der Waals surface area contributed by atoms with Gasteiger partial charge in [0.05, 0.1) is 6.10 Å². The molecule has 0 aliphatic carbocycles. The van der Waals surface area contributed by atoms with Gasteiger partial charge >= 0.3 is 0 Å². The van der Waals surface area contributed by atoms with Crippen LogP contribution in [0.1, 0.15) is 53.4 Å². The van der Waals surface area contributed by atoms with Crippen molar-refractivity contribution in [2.75, 3.05) is 13.2 Å². The van der Waals surface area contributed by atoms with Gasteiger partial charge in [-0.15, -0.1) is 0 Å². The molecule has 1 aliphatic heterocycles.